The maximum atomic E-state index is 12.9. The molecule has 6 nitrogen and oxygen atoms in total. The summed E-state index contributed by atoms with van der Waals surface area (Å²) >= 11 is 1.37. The van der Waals surface area contributed by atoms with Crippen LogP contribution in [0, 0.1) is 6.92 Å². The van der Waals surface area contributed by atoms with Crippen molar-refractivity contribution in [2.75, 3.05) is 30.8 Å². The van der Waals surface area contributed by atoms with Crippen LogP contribution in [0.3, 0.4) is 0 Å². The molecule has 0 spiro atoms. The van der Waals surface area contributed by atoms with Gasteiger partial charge in [-0.2, -0.15) is 0 Å². The van der Waals surface area contributed by atoms with Crippen LogP contribution in [-0.4, -0.2) is 59.8 Å². The third-order valence-electron chi connectivity index (χ3n) is 4.94. The Hall–Kier alpha value is -1.57. The molecule has 3 rings (SSSR count). The lowest BCUT2D eigenvalue weighted by atomic mass is 10.0. The highest BCUT2D eigenvalue weighted by Gasteiger charge is 2.37. The molecule has 0 aliphatic carbocycles. The lowest BCUT2D eigenvalue weighted by Crippen LogP contribution is -2.52. The molecule has 148 valence electrons. The minimum atomic E-state index is -0.309. The number of likely N-dealkylation sites (tertiary alicyclic amines) is 1. The molecule has 2 unspecified atom stereocenters. The van der Waals surface area contributed by atoms with Crippen molar-refractivity contribution >= 4 is 29.3 Å². The normalized spacial score (nSPS) is 21.9. The summed E-state index contributed by atoms with van der Waals surface area (Å²) in [7, 11) is 0. The Labute approximate surface area is 165 Å². The first-order chi connectivity index (χ1) is 13.0. The highest BCUT2D eigenvalue weighted by Crippen LogP contribution is 2.27. The first-order valence-corrected chi connectivity index (χ1v) is 10.6. The molecule has 1 aromatic carbocycles. The molecule has 1 N–H and O–H groups in total. The SMILES string of the molecule is Cc1ccc(NC(=O)CSC(C)C(=O)N2CCCCC2C2OCCO2)cc1. The van der Waals surface area contributed by atoms with Crippen LogP contribution in [0.15, 0.2) is 24.3 Å². The number of ether oxygens (including phenoxy) is 2. The fourth-order valence-corrected chi connectivity index (χ4v) is 4.20. The molecule has 2 saturated heterocycles. The molecule has 2 atom stereocenters. The molecule has 1 aromatic rings. The Kier molecular flexibility index (Phi) is 7.15. The first-order valence-electron chi connectivity index (χ1n) is 9.56. The van der Waals surface area contributed by atoms with Crippen molar-refractivity contribution < 1.29 is 19.1 Å². The maximum Gasteiger partial charge on any atom is 0.235 e. The Morgan fingerprint density at radius 3 is 2.63 bits per heavy atom. The summed E-state index contributed by atoms with van der Waals surface area (Å²) in [4.78, 5) is 27.0. The van der Waals surface area contributed by atoms with E-state index in [1.54, 1.807) is 0 Å². The smallest absolute Gasteiger partial charge is 0.235 e. The van der Waals surface area contributed by atoms with Crippen LogP contribution in [0.4, 0.5) is 5.69 Å². The van der Waals surface area contributed by atoms with Gasteiger partial charge in [-0.15, -0.1) is 11.8 Å². The Morgan fingerprint density at radius 1 is 1.22 bits per heavy atom. The van der Waals surface area contributed by atoms with E-state index >= 15 is 0 Å². The topological polar surface area (TPSA) is 67.9 Å². The van der Waals surface area contributed by atoms with Gasteiger partial charge in [-0.1, -0.05) is 17.7 Å². The molecule has 2 aliphatic heterocycles. The van der Waals surface area contributed by atoms with E-state index in [-0.39, 0.29) is 35.1 Å². The zero-order valence-corrected chi connectivity index (χ0v) is 16.8. The highest BCUT2D eigenvalue weighted by atomic mass is 32.2. The fraction of sp³-hybridized carbons (Fsp3) is 0.600. The Morgan fingerprint density at radius 2 is 1.93 bits per heavy atom. The number of carbonyl (C=O) groups is 2. The number of benzene rings is 1. The van der Waals surface area contributed by atoms with Crippen molar-refractivity contribution in [2.24, 2.45) is 0 Å². The van der Waals surface area contributed by atoms with Gasteiger partial charge in [0, 0.05) is 12.2 Å². The van der Waals surface area contributed by atoms with Crippen molar-refractivity contribution in [1.29, 1.82) is 0 Å². The van der Waals surface area contributed by atoms with Gasteiger partial charge in [0.1, 0.15) is 0 Å². The first kappa shape index (κ1) is 20.2. The van der Waals surface area contributed by atoms with E-state index in [0.717, 1.165) is 37.1 Å². The van der Waals surface area contributed by atoms with E-state index in [2.05, 4.69) is 5.32 Å². The van der Waals surface area contributed by atoms with E-state index < -0.39 is 0 Å². The van der Waals surface area contributed by atoms with Crippen LogP contribution in [0.1, 0.15) is 31.7 Å². The summed E-state index contributed by atoms with van der Waals surface area (Å²) in [6.07, 6.45) is 2.68. The third kappa shape index (κ3) is 5.46. The van der Waals surface area contributed by atoms with Crippen molar-refractivity contribution in [1.82, 2.24) is 4.90 Å². The van der Waals surface area contributed by atoms with Gasteiger partial charge in [0.15, 0.2) is 6.29 Å². The van der Waals surface area contributed by atoms with Gasteiger partial charge in [0.25, 0.3) is 0 Å². The van der Waals surface area contributed by atoms with E-state index in [0.29, 0.717) is 13.2 Å². The number of nitrogens with zero attached hydrogens (tertiary/aromatic N) is 1. The lowest BCUT2D eigenvalue weighted by molar-refractivity contribution is -0.149. The Bertz CT molecular complexity index is 646. The lowest BCUT2D eigenvalue weighted by Gasteiger charge is -2.39. The second-order valence-electron chi connectivity index (χ2n) is 7.07. The molecule has 0 aromatic heterocycles. The molecular formula is C20H28N2O4S. The molecule has 7 heteroatoms. The molecule has 27 heavy (non-hydrogen) atoms. The van der Waals surface area contributed by atoms with Crippen molar-refractivity contribution in [3.8, 4) is 0 Å². The molecule has 2 heterocycles. The zero-order valence-electron chi connectivity index (χ0n) is 16.0. The maximum absolute atomic E-state index is 12.9. The number of carbonyl (C=O) groups excluding carboxylic acids is 2. The summed E-state index contributed by atoms with van der Waals surface area (Å²) in [5.74, 6) is 0.212. The minimum Gasteiger partial charge on any atom is -0.348 e. The van der Waals surface area contributed by atoms with Gasteiger partial charge in [0.05, 0.1) is 30.3 Å². The van der Waals surface area contributed by atoms with E-state index in [1.807, 2.05) is 43.0 Å². The van der Waals surface area contributed by atoms with E-state index in [4.69, 9.17) is 9.47 Å². The van der Waals surface area contributed by atoms with Crippen LogP contribution in [0.2, 0.25) is 0 Å². The molecule has 0 bridgehead atoms. The number of amides is 2. The number of hydrogen-bond acceptors (Lipinski definition) is 5. The van der Waals surface area contributed by atoms with Crippen LogP contribution >= 0.6 is 11.8 Å². The van der Waals surface area contributed by atoms with Gasteiger partial charge in [0.2, 0.25) is 11.8 Å². The molecule has 2 amide bonds. The molecule has 2 fully saturated rings. The van der Waals surface area contributed by atoms with Gasteiger partial charge in [-0.3, -0.25) is 9.59 Å². The number of nitrogens with one attached hydrogen (secondary N) is 1. The predicted molar refractivity (Wildman–Crippen MR) is 107 cm³/mol. The largest absolute Gasteiger partial charge is 0.348 e. The minimum absolute atomic E-state index is 0.0156. The number of anilines is 1. The van der Waals surface area contributed by atoms with E-state index in [1.165, 1.54) is 11.8 Å². The van der Waals surface area contributed by atoms with Crippen LogP contribution in [0.5, 0.6) is 0 Å². The number of piperidine rings is 1. The number of rotatable bonds is 6. The quantitative estimate of drug-likeness (QED) is 0.806. The van der Waals surface area contributed by atoms with Gasteiger partial charge < -0.3 is 19.7 Å². The summed E-state index contributed by atoms with van der Waals surface area (Å²) in [6, 6.07) is 7.66. The van der Waals surface area contributed by atoms with Crippen LogP contribution in [-0.2, 0) is 19.1 Å². The summed E-state index contributed by atoms with van der Waals surface area (Å²) < 4.78 is 11.3. The van der Waals surface area contributed by atoms with Gasteiger partial charge in [-0.25, -0.2) is 0 Å². The summed E-state index contributed by atoms with van der Waals surface area (Å²) in [6.45, 7) is 5.78. The Balaban J connectivity index is 1.50. The molecule has 2 aliphatic rings. The second kappa shape index (κ2) is 9.57. The average Bonchev–Trinajstić information content (AvgIpc) is 3.22. The van der Waals surface area contributed by atoms with Crippen molar-refractivity contribution in [3.05, 3.63) is 29.8 Å². The molecular weight excluding hydrogens is 364 g/mol. The fourth-order valence-electron chi connectivity index (χ4n) is 3.45. The second-order valence-corrected chi connectivity index (χ2v) is 8.40. The predicted octanol–water partition coefficient (Wildman–Crippen LogP) is 2.81. The third-order valence-corrected chi connectivity index (χ3v) is 6.07. The highest BCUT2D eigenvalue weighted by molar-refractivity contribution is 8.01. The molecule has 0 radical (unpaired) electrons. The molecule has 0 saturated carbocycles. The standard InChI is InChI=1S/C20H28N2O4S/c1-14-6-8-16(9-7-14)21-18(23)13-27-15(2)19(24)22-10-4-3-5-17(22)20-25-11-12-26-20/h6-9,15,17,20H,3-5,10-13H2,1-2H3,(H,21,23). The van der Waals surface area contributed by atoms with Crippen LogP contribution in [0.25, 0.3) is 0 Å². The number of hydrogen-bond donors (Lipinski definition) is 1. The monoisotopic (exact) mass is 392 g/mol. The van der Waals surface area contributed by atoms with Crippen molar-refractivity contribution in [2.45, 2.75) is 50.7 Å². The van der Waals surface area contributed by atoms with Crippen LogP contribution < -0.4 is 5.32 Å². The van der Waals surface area contributed by atoms with Crippen molar-refractivity contribution in [3.63, 3.8) is 0 Å². The summed E-state index contributed by atoms with van der Waals surface area (Å²) in [5, 5.41) is 2.59. The number of thioether (sulfide) groups is 1. The van der Waals surface area contributed by atoms with E-state index in [9.17, 15) is 9.59 Å². The van der Waals surface area contributed by atoms with Gasteiger partial charge in [-0.05, 0) is 45.2 Å². The van der Waals surface area contributed by atoms with Gasteiger partial charge >= 0.3 is 0 Å². The number of aryl methyl sites for hydroxylation is 1. The zero-order chi connectivity index (χ0) is 19.2. The average molecular weight is 393 g/mol. The summed E-state index contributed by atoms with van der Waals surface area (Å²) in [5.41, 5.74) is 1.92.